The van der Waals surface area contributed by atoms with Gasteiger partial charge in [0.1, 0.15) is 11.9 Å². The van der Waals surface area contributed by atoms with Crippen molar-refractivity contribution >= 4 is 16.7 Å². The van der Waals surface area contributed by atoms with Crippen LogP contribution in [0.3, 0.4) is 0 Å². The first-order valence-corrected chi connectivity index (χ1v) is 10.7. The molecule has 0 saturated carbocycles. The molecule has 1 aromatic heterocycles. The van der Waals surface area contributed by atoms with Gasteiger partial charge in [0.2, 0.25) is 5.88 Å². The van der Waals surface area contributed by atoms with Crippen molar-refractivity contribution in [3.05, 3.63) is 53.7 Å². The molecule has 0 bridgehead atoms. The van der Waals surface area contributed by atoms with E-state index in [1.165, 1.54) is 18.2 Å². The van der Waals surface area contributed by atoms with Crippen LogP contribution >= 0.6 is 0 Å². The minimum Gasteiger partial charge on any atom is -0.505 e. The molecular weight excluding hydrogens is 416 g/mol. The zero-order valence-corrected chi connectivity index (χ0v) is 18.4. The zero-order valence-electron chi connectivity index (χ0n) is 18.4. The van der Waals surface area contributed by atoms with E-state index < -0.39 is 23.6 Å². The smallest absolute Gasteiger partial charge is 0.303 e. The van der Waals surface area contributed by atoms with Gasteiger partial charge in [-0.05, 0) is 54.0 Å². The first kappa shape index (κ1) is 23.4. The standard InChI is InChI=1S/C25H27F2NO4/c1-4-5-17(10-13-20(30)31)32-25-22-18(11-12-19(29)23(22)27)21(24(28-25)14(2)3)15-6-8-16(26)9-7-15/h6-9,11-12,14,17,29H,4-5,10,13H2,1-3H3,(H,30,31)/t17-/m0/s1. The summed E-state index contributed by atoms with van der Waals surface area (Å²) >= 11 is 0. The van der Waals surface area contributed by atoms with E-state index in [1.807, 2.05) is 20.8 Å². The molecule has 1 atom stereocenters. The lowest BCUT2D eigenvalue weighted by Gasteiger charge is -2.22. The largest absolute Gasteiger partial charge is 0.505 e. The number of hydrogen-bond donors (Lipinski definition) is 2. The summed E-state index contributed by atoms with van der Waals surface area (Å²) in [5.74, 6) is -2.78. The average molecular weight is 443 g/mol. The second kappa shape index (κ2) is 9.94. The number of hydrogen-bond acceptors (Lipinski definition) is 4. The second-order valence-corrected chi connectivity index (χ2v) is 8.12. The van der Waals surface area contributed by atoms with Crippen LogP contribution < -0.4 is 4.74 Å². The number of benzene rings is 2. The second-order valence-electron chi connectivity index (χ2n) is 8.12. The van der Waals surface area contributed by atoms with Crippen LogP contribution in [-0.4, -0.2) is 27.3 Å². The number of carbonyl (C=O) groups is 1. The van der Waals surface area contributed by atoms with Gasteiger partial charge in [-0.15, -0.1) is 0 Å². The third-order valence-corrected chi connectivity index (χ3v) is 5.33. The van der Waals surface area contributed by atoms with Crippen LogP contribution in [0.4, 0.5) is 8.78 Å². The van der Waals surface area contributed by atoms with E-state index in [0.717, 1.165) is 6.42 Å². The maximum atomic E-state index is 15.2. The third kappa shape index (κ3) is 4.98. The molecule has 5 nitrogen and oxygen atoms in total. The first-order valence-electron chi connectivity index (χ1n) is 10.7. The molecule has 3 rings (SSSR count). The van der Waals surface area contributed by atoms with E-state index in [1.54, 1.807) is 18.2 Å². The lowest BCUT2D eigenvalue weighted by molar-refractivity contribution is -0.137. The molecule has 0 fully saturated rings. The molecule has 32 heavy (non-hydrogen) atoms. The number of pyridine rings is 1. The number of phenols is 1. The topological polar surface area (TPSA) is 79.7 Å². The fourth-order valence-corrected chi connectivity index (χ4v) is 3.79. The van der Waals surface area contributed by atoms with Gasteiger partial charge in [0, 0.05) is 12.0 Å². The SMILES string of the molecule is CCC[C@@H](CCC(=O)O)Oc1nc(C(C)C)c(-c2ccc(F)cc2)c2ccc(O)c(F)c12. The van der Waals surface area contributed by atoms with Gasteiger partial charge in [-0.3, -0.25) is 4.79 Å². The third-order valence-electron chi connectivity index (χ3n) is 5.33. The van der Waals surface area contributed by atoms with Crippen LogP contribution in [-0.2, 0) is 4.79 Å². The molecule has 1 heterocycles. The van der Waals surface area contributed by atoms with E-state index in [-0.39, 0.29) is 35.8 Å². The summed E-state index contributed by atoms with van der Waals surface area (Å²) in [4.78, 5) is 15.7. The Bertz CT molecular complexity index is 1110. The first-order chi connectivity index (χ1) is 15.2. The Hall–Kier alpha value is -3.22. The monoisotopic (exact) mass is 443 g/mol. The van der Waals surface area contributed by atoms with E-state index in [9.17, 15) is 14.3 Å². The molecule has 0 saturated heterocycles. The van der Waals surface area contributed by atoms with Crippen molar-refractivity contribution in [1.29, 1.82) is 0 Å². The summed E-state index contributed by atoms with van der Waals surface area (Å²) in [5, 5.41) is 19.6. The Morgan fingerprint density at radius 2 is 1.78 bits per heavy atom. The fraction of sp³-hybridized carbons (Fsp3) is 0.360. The van der Waals surface area contributed by atoms with Crippen LogP contribution in [0.1, 0.15) is 58.1 Å². The molecule has 2 N–H and O–H groups in total. The molecule has 0 aliphatic rings. The molecule has 7 heteroatoms. The van der Waals surface area contributed by atoms with Gasteiger partial charge < -0.3 is 14.9 Å². The molecule has 0 amide bonds. The van der Waals surface area contributed by atoms with Gasteiger partial charge in [-0.25, -0.2) is 13.8 Å². The summed E-state index contributed by atoms with van der Waals surface area (Å²) in [6.45, 7) is 5.83. The van der Waals surface area contributed by atoms with E-state index in [0.29, 0.717) is 28.6 Å². The molecule has 0 aliphatic carbocycles. The highest BCUT2D eigenvalue weighted by Gasteiger charge is 2.24. The number of carboxylic acids is 1. The number of aromatic hydroxyl groups is 1. The lowest BCUT2D eigenvalue weighted by atomic mass is 9.92. The number of nitrogens with zero attached hydrogens (tertiary/aromatic N) is 1. The molecule has 3 aromatic rings. The van der Waals surface area contributed by atoms with Crippen molar-refractivity contribution in [2.75, 3.05) is 0 Å². The Morgan fingerprint density at radius 3 is 2.38 bits per heavy atom. The maximum Gasteiger partial charge on any atom is 0.303 e. The highest BCUT2D eigenvalue weighted by Crippen LogP contribution is 2.42. The van der Waals surface area contributed by atoms with E-state index >= 15 is 4.39 Å². The van der Waals surface area contributed by atoms with Crippen molar-refractivity contribution in [3.8, 4) is 22.8 Å². The Balaban J connectivity index is 2.25. The summed E-state index contributed by atoms with van der Waals surface area (Å²) in [5.41, 5.74) is 1.94. The van der Waals surface area contributed by atoms with Gasteiger partial charge in [0.15, 0.2) is 11.6 Å². The number of carboxylic acid groups (broad SMARTS) is 1. The number of aromatic nitrogens is 1. The zero-order chi connectivity index (χ0) is 23.4. The minimum absolute atomic E-state index is 0.0187. The number of phenolic OH excluding ortho intramolecular Hbond substituents is 1. The number of aliphatic carboxylic acids is 1. The van der Waals surface area contributed by atoms with Gasteiger partial charge in [0.25, 0.3) is 0 Å². The predicted molar refractivity (Wildman–Crippen MR) is 119 cm³/mol. The number of halogens is 2. The minimum atomic E-state index is -0.939. The van der Waals surface area contributed by atoms with Crippen LogP contribution in [0.2, 0.25) is 0 Å². The predicted octanol–water partition coefficient (Wildman–Crippen LogP) is 6.42. The molecule has 0 radical (unpaired) electrons. The molecule has 170 valence electrons. The average Bonchev–Trinajstić information content (AvgIpc) is 2.75. The van der Waals surface area contributed by atoms with Crippen LogP contribution in [0.25, 0.3) is 21.9 Å². The summed E-state index contributed by atoms with van der Waals surface area (Å²) in [7, 11) is 0. The van der Waals surface area contributed by atoms with Crippen LogP contribution in [0, 0.1) is 11.6 Å². The van der Waals surface area contributed by atoms with Crippen LogP contribution in [0.5, 0.6) is 11.6 Å². The molecular formula is C25H27F2NO4. The summed E-state index contributed by atoms with van der Waals surface area (Å²) in [6, 6.07) is 8.74. The molecule has 0 unspecified atom stereocenters. The lowest BCUT2D eigenvalue weighted by Crippen LogP contribution is -2.19. The van der Waals surface area contributed by atoms with Gasteiger partial charge >= 0.3 is 5.97 Å². The van der Waals surface area contributed by atoms with Gasteiger partial charge in [0.05, 0.1) is 11.1 Å². The molecule has 2 aromatic carbocycles. The number of rotatable bonds is 9. The molecule has 0 spiro atoms. The van der Waals surface area contributed by atoms with Crippen molar-refractivity contribution in [1.82, 2.24) is 4.98 Å². The Kier molecular flexibility index (Phi) is 7.28. The van der Waals surface area contributed by atoms with Gasteiger partial charge in [-0.1, -0.05) is 39.3 Å². The highest BCUT2D eigenvalue weighted by atomic mass is 19.1. The quantitative estimate of drug-likeness (QED) is 0.399. The van der Waals surface area contributed by atoms with Crippen molar-refractivity contribution in [2.24, 2.45) is 0 Å². The van der Waals surface area contributed by atoms with Crippen molar-refractivity contribution < 1.29 is 28.5 Å². The van der Waals surface area contributed by atoms with Crippen molar-refractivity contribution in [2.45, 2.75) is 58.5 Å². The van der Waals surface area contributed by atoms with Crippen molar-refractivity contribution in [3.63, 3.8) is 0 Å². The Labute approximate surface area is 185 Å². The molecule has 0 aliphatic heterocycles. The van der Waals surface area contributed by atoms with Gasteiger partial charge in [-0.2, -0.15) is 0 Å². The Morgan fingerprint density at radius 1 is 1.09 bits per heavy atom. The van der Waals surface area contributed by atoms with E-state index in [2.05, 4.69) is 4.98 Å². The number of ether oxygens (including phenoxy) is 1. The summed E-state index contributed by atoms with van der Waals surface area (Å²) < 4.78 is 34.8. The maximum absolute atomic E-state index is 15.2. The fourth-order valence-electron chi connectivity index (χ4n) is 3.79. The van der Waals surface area contributed by atoms with Crippen LogP contribution in [0.15, 0.2) is 36.4 Å². The summed E-state index contributed by atoms with van der Waals surface area (Å²) in [6.07, 6.45) is 1.03. The normalized spacial score (nSPS) is 12.3. The van der Waals surface area contributed by atoms with E-state index in [4.69, 9.17) is 9.84 Å². The highest BCUT2D eigenvalue weighted by molar-refractivity contribution is 6.01. The number of fused-ring (bicyclic) bond motifs is 1.